The Balaban J connectivity index is 0.00000361. The molecule has 0 amide bonds. The summed E-state index contributed by atoms with van der Waals surface area (Å²) in [6.45, 7) is 7.96. The van der Waals surface area contributed by atoms with Crippen molar-refractivity contribution in [2.24, 2.45) is 10.7 Å². The van der Waals surface area contributed by atoms with Crippen LogP contribution >= 0.6 is 24.0 Å². The highest BCUT2D eigenvalue weighted by Gasteiger charge is 1.97. The molecular weight excluding hydrogens is 363 g/mol. The van der Waals surface area contributed by atoms with Crippen LogP contribution in [0.1, 0.15) is 18.1 Å². The van der Waals surface area contributed by atoms with E-state index in [2.05, 4.69) is 60.1 Å². The fraction of sp³-hybridized carbons (Fsp3) is 0.400. The topological polar surface area (TPSA) is 53.6 Å². The molecule has 4 nitrogen and oxygen atoms in total. The summed E-state index contributed by atoms with van der Waals surface area (Å²) in [6.07, 6.45) is 0. The van der Waals surface area contributed by atoms with Gasteiger partial charge in [-0.25, -0.2) is 4.99 Å². The molecule has 20 heavy (non-hydrogen) atoms. The second-order valence-electron chi connectivity index (χ2n) is 5.07. The van der Waals surface area contributed by atoms with Crippen LogP contribution in [0, 0.1) is 0 Å². The second-order valence-corrected chi connectivity index (χ2v) is 5.07. The van der Waals surface area contributed by atoms with Gasteiger partial charge in [-0.15, -0.1) is 24.0 Å². The summed E-state index contributed by atoms with van der Waals surface area (Å²) in [5.74, 6) is 0.459. The van der Waals surface area contributed by atoms with Crippen LogP contribution in [-0.2, 0) is 13.1 Å². The number of guanidine groups is 1. The van der Waals surface area contributed by atoms with Crippen molar-refractivity contribution < 1.29 is 0 Å². The second kappa shape index (κ2) is 9.77. The number of hydrogen-bond donors (Lipinski definition) is 2. The van der Waals surface area contributed by atoms with E-state index in [0.29, 0.717) is 19.0 Å². The SMILES string of the molecule is C=C(C)CNC(N)=NCc1ccc(CN(C)C)cc1.I. The van der Waals surface area contributed by atoms with Crippen molar-refractivity contribution in [2.75, 3.05) is 20.6 Å². The van der Waals surface area contributed by atoms with Gasteiger partial charge in [0.2, 0.25) is 0 Å². The Hall–Kier alpha value is -1.08. The van der Waals surface area contributed by atoms with Crippen LogP contribution < -0.4 is 11.1 Å². The molecule has 0 atom stereocenters. The molecule has 0 bridgehead atoms. The van der Waals surface area contributed by atoms with Crippen LogP contribution in [0.25, 0.3) is 0 Å². The van der Waals surface area contributed by atoms with Gasteiger partial charge in [0.1, 0.15) is 0 Å². The molecule has 0 radical (unpaired) electrons. The van der Waals surface area contributed by atoms with E-state index in [-0.39, 0.29) is 24.0 Å². The molecule has 0 fully saturated rings. The van der Waals surface area contributed by atoms with Crippen molar-refractivity contribution in [1.29, 1.82) is 0 Å². The van der Waals surface area contributed by atoms with Crippen LogP contribution in [0.3, 0.4) is 0 Å². The standard InChI is InChI=1S/C15H24N4.HI/c1-12(2)9-17-15(16)18-10-13-5-7-14(8-6-13)11-19(3)4;/h5-8H,1,9-11H2,2-4H3,(H3,16,17,18);1H. The smallest absolute Gasteiger partial charge is 0.189 e. The Bertz CT molecular complexity index is 438. The lowest BCUT2D eigenvalue weighted by molar-refractivity contribution is 0.402. The lowest BCUT2D eigenvalue weighted by Gasteiger charge is -2.09. The van der Waals surface area contributed by atoms with E-state index in [9.17, 15) is 0 Å². The van der Waals surface area contributed by atoms with E-state index in [4.69, 9.17) is 5.73 Å². The molecule has 112 valence electrons. The molecular formula is C15H25IN4. The zero-order valence-corrected chi connectivity index (χ0v) is 14.8. The van der Waals surface area contributed by atoms with Gasteiger partial charge in [0.25, 0.3) is 0 Å². The maximum atomic E-state index is 5.76. The fourth-order valence-electron chi connectivity index (χ4n) is 1.59. The van der Waals surface area contributed by atoms with Crippen LogP contribution in [-0.4, -0.2) is 31.5 Å². The number of nitrogens with one attached hydrogen (secondary N) is 1. The number of nitrogens with two attached hydrogens (primary N) is 1. The Kier molecular flexibility index (Phi) is 9.24. The van der Waals surface area contributed by atoms with Crippen molar-refractivity contribution >= 4 is 29.9 Å². The van der Waals surface area contributed by atoms with Crippen molar-refractivity contribution in [3.8, 4) is 0 Å². The van der Waals surface area contributed by atoms with Gasteiger partial charge < -0.3 is 16.0 Å². The van der Waals surface area contributed by atoms with Gasteiger partial charge in [0, 0.05) is 13.1 Å². The number of benzene rings is 1. The Morgan fingerprint density at radius 1 is 1.25 bits per heavy atom. The lowest BCUT2D eigenvalue weighted by Crippen LogP contribution is -2.32. The largest absolute Gasteiger partial charge is 0.370 e. The zero-order chi connectivity index (χ0) is 14.3. The Morgan fingerprint density at radius 2 is 1.80 bits per heavy atom. The lowest BCUT2D eigenvalue weighted by atomic mass is 10.1. The first-order valence-electron chi connectivity index (χ1n) is 6.38. The van der Waals surface area contributed by atoms with Crippen LogP contribution in [0.5, 0.6) is 0 Å². The fourth-order valence-corrected chi connectivity index (χ4v) is 1.59. The first kappa shape index (κ1) is 18.9. The molecule has 1 aromatic carbocycles. The number of nitrogens with zero attached hydrogens (tertiary/aromatic N) is 2. The van der Waals surface area contributed by atoms with Gasteiger partial charge in [-0.1, -0.05) is 36.4 Å². The third-order valence-corrected chi connectivity index (χ3v) is 2.53. The summed E-state index contributed by atoms with van der Waals surface area (Å²) in [5, 5.41) is 3.01. The van der Waals surface area contributed by atoms with Gasteiger partial charge in [-0.2, -0.15) is 0 Å². The third-order valence-electron chi connectivity index (χ3n) is 2.53. The van der Waals surface area contributed by atoms with E-state index in [1.165, 1.54) is 5.56 Å². The Morgan fingerprint density at radius 3 is 2.30 bits per heavy atom. The first-order valence-corrected chi connectivity index (χ1v) is 6.38. The molecule has 0 heterocycles. The average molecular weight is 388 g/mol. The molecule has 0 saturated carbocycles. The maximum Gasteiger partial charge on any atom is 0.189 e. The van der Waals surface area contributed by atoms with Crippen LogP contribution in [0.2, 0.25) is 0 Å². The molecule has 5 heteroatoms. The minimum Gasteiger partial charge on any atom is -0.370 e. The van der Waals surface area contributed by atoms with Gasteiger partial charge >= 0.3 is 0 Å². The highest BCUT2D eigenvalue weighted by molar-refractivity contribution is 14.0. The summed E-state index contributed by atoms with van der Waals surface area (Å²) in [4.78, 5) is 6.43. The number of halogens is 1. The summed E-state index contributed by atoms with van der Waals surface area (Å²) < 4.78 is 0. The van der Waals surface area contributed by atoms with Gasteiger partial charge in [0.05, 0.1) is 6.54 Å². The molecule has 0 saturated heterocycles. The number of hydrogen-bond acceptors (Lipinski definition) is 2. The summed E-state index contributed by atoms with van der Waals surface area (Å²) in [7, 11) is 4.12. The van der Waals surface area contributed by atoms with Crippen molar-refractivity contribution in [1.82, 2.24) is 10.2 Å². The van der Waals surface area contributed by atoms with E-state index in [1.54, 1.807) is 0 Å². The molecule has 0 aliphatic heterocycles. The number of rotatable bonds is 6. The molecule has 0 spiro atoms. The van der Waals surface area contributed by atoms with E-state index in [1.807, 2.05) is 6.92 Å². The number of aliphatic imine (C=N–C) groups is 1. The molecule has 1 rings (SSSR count). The highest BCUT2D eigenvalue weighted by atomic mass is 127. The van der Waals surface area contributed by atoms with Crippen molar-refractivity contribution in [3.05, 3.63) is 47.5 Å². The normalized spacial score (nSPS) is 11.1. The quantitative estimate of drug-likeness (QED) is 0.341. The molecule has 0 unspecified atom stereocenters. The van der Waals surface area contributed by atoms with Crippen LogP contribution in [0.4, 0.5) is 0 Å². The Labute approximate surface area is 139 Å². The average Bonchev–Trinajstić information content (AvgIpc) is 2.35. The monoisotopic (exact) mass is 388 g/mol. The molecule has 0 aliphatic rings. The minimum absolute atomic E-state index is 0. The zero-order valence-electron chi connectivity index (χ0n) is 12.5. The predicted molar refractivity (Wildman–Crippen MR) is 97.4 cm³/mol. The summed E-state index contributed by atoms with van der Waals surface area (Å²) in [6, 6.07) is 8.44. The van der Waals surface area contributed by atoms with Gasteiger partial charge in [-0.3, -0.25) is 0 Å². The van der Waals surface area contributed by atoms with Crippen LogP contribution in [0.15, 0.2) is 41.4 Å². The van der Waals surface area contributed by atoms with E-state index < -0.39 is 0 Å². The molecule has 0 aromatic heterocycles. The van der Waals surface area contributed by atoms with Crippen molar-refractivity contribution in [3.63, 3.8) is 0 Å². The first-order chi connectivity index (χ1) is 8.97. The molecule has 0 aliphatic carbocycles. The van der Waals surface area contributed by atoms with Gasteiger partial charge in [-0.05, 0) is 32.1 Å². The predicted octanol–water partition coefficient (Wildman–Crippen LogP) is 2.35. The van der Waals surface area contributed by atoms with Crippen molar-refractivity contribution in [2.45, 2.75) is 20.0 Å². The van der Waals surface area contributed by atoms with E-state index in [0.717, 1.165) is 17.7 Å². The minimum atomic E-state index is 0. The summed E-state index contributed by atoms with van der Waals surface area (Å²) in [5.41, 5.74) is 9.24. The third kappa shape index (κ3) is 8.16. The molecule has 3 N–H and O–H groups in total. The summed E-state index contributed by atoms with van der Waals surface area (Å²) >= 11 is 0. The van der Waals surface area contributed by atoms with E-state index >= 15 is 0 Å². The molecule has 1 aromatic rings. The highest BCUT2D eigenvalue weighted by Crippen LogP contribution is 2.07. The van der Waals surface area contributed by atoms with Gasteiger partial charge in [0.15, 0.2) is 5.96 Å². The maximum absolute atomic E-state index is 5.76.